The van der Waals surface area contributed by atoms with Crippen molar-refractivity contribution in [1.29, 1.82) is 0 Å². The van der Waals surface area contributed by atoms with E-state index in [0.29, 0.717) is 4.88 Å². The number of ketones is 1. The van der Waals surface area contributed by atoms with Crippen molar-refractivity contribution in [2.45, 2.75) is 25.9 Å². The summed E-state index contributed by atoms with van der Waals surface area (Å²) in [6.07, 6.45) is 2.04. The van der Waals surface area contributed by atoms with Gasteiger partial charge in [-0.25, -0.2) is 0 Å². The van der Waals surface area contributed by atoms with Crippen molar-refractivity contribution in [3.63, 3.8) is 0 Å². The zero-order valence-electron chi connectivity index (χ0n) is 14.9. The summed E-state index contributed by atoms with van der Waals surface area (Å²) in [6.45, 7) is 4.05. The molecule has 2 fully saturated rings. The van der Waals surface area contributed by atoms with Crippen molar-refractivity contribution >= 4 is 40.2 Å². The summed E-state index contributed by atoms with van der Waals surface area (Å²) in [5.41, 5.74) is 4.19. The number of carbonyl (C=O) groups is 3. The van der Waals surface area contributed by atoms with E-state index in [0.717, 1.165) is 22.4 Å². The van der Waals surface area contributed by atoms with Crippen LogP contribution in [-0.4, -0.2) is 29.7 Å². The fraction of sp³-hybridized carbons (Fsp3) is 0.286. The molecule has 1 aromatic heterocycles. The number of benzene rings is 1. The molecule has 1 aromatic carbocycles. The summed E-state index contributed by atoms with van der Waals surface area (Å²) in [7, 11) is 0. The average Bonchev–Trinajstić information content (AvgIpc) is 3.33. The van der Waals surface area contributed by atoms with Crippen LogP contribution in [0.5, 0.6) is 0 Å². The van der Waals surface area contributed by atoms with Gasteiger partial charge in [0.05, 0.1) is 22.8 Å². The van der Waals surface area contributed by atoms with E-state index in [1.807, 2.05) is 48.4 Å². The Balaban J connectivity index is 1.72. The Bertz CT molecular complexity index is 1020. The average molecular weight is 378 g/mol. The van der Waals surface area contributed by atoms with Gasteiger partial charge in [-0.3, -0.25) is 19.7 Å². The number of hydrogen-bond donors (Lipinski definition) is 1. The van der Waals surface area contributed by atoms with Crippen molar-refractivity contribution in [3.8, 4) is 0 Å². The number of nitrogens with one attached hydrogen (secondary N) is 1. The molecular weight excluding hydrogens is 360 g/mol. The molecule has 0 spiro atoms. The van der Waals surface area contributed by atoms with E-state index in [4.69, 9.17) is 0 Å². The quantitative estimate of drug-likeness (QED) is 0.645. The maximum atomic E-state index is 13.4. The van der Waals surface area contributed by atoms with Crippen molar-refractivity contribution in [1.82, 2.24) is 5.32 Å². The number of anilines is 1. The van der Waals surface area contributed by atoms with E-state index in [1.165, 1.54) is 11.3 Å². The highest BCUT2D eigenvalue weighted by Gasteiger charge is 2.61. The van der Waals surface area contributed by atoms with Crippen LogP contribution in [0.25, 0.3) is 5.57 Å². The number of imide groups is 1. The number of fused-ring (bicyclic) bond motifs is 5. The van der Waals surface area contributed by atoms with E-state index in [-0.39, 0.29) is 23.6 Å². The molecule has 0 aliphatic carbocycles. The fourth-order valence-corrected chi connectivity index (χ4v) is 5.44. The molecule has 2 aromatic rings. The minimum absolute atomic E-state index is 0.0909. The number of nitrogens with zero attached hydrogens (tertiary/aromatic N) is 1. The van der Waals surface area contributed by atoms with Gasteiger partial charge in [-0.1, -0.05) is 23.8 Å². The number of amides is 2. The Morgan fingerprint density at radius 2 is 1.89 bits per heavy atom. The van der Waals surface area contributed by atoms with E-state index in [9.17, 15) is 14.4 Å². The predicted molar refractivity (Wildman–Crippen MR) is 104 cm³/mol. The van der Waals surface area contributed by atoms with Crippen LogP contribution in [0.15, 0.2) is 41.8 Å². The van der Waals surface area contributed by atoms with Crippen molar-refractivity contribution in [2.75, 3.05) is 4.90 Å². The number of Topliss-reactive ketones (excluding diaryl/α,β-unsaturated/α-hetero) is 1. The second-order valence-corrected chi connectivity index (χ2v) is 8.41. The molecule has 0 saturated carbocycles. The lowest BCUT2D eigenvalue weighted by Gasteiger charge is -2.37. The van der Waals surface area contributed by atoms with Crippen LogP contribution in [0, 0.1) is 18.8 Å². The number of allylic oxidation sites excluding steroid dienone is 1. The van der Waals surface area contributed by atoms with Crippen molar-refractivity contribution in [2.24, 2.45) is 11.8 Å². The van der Waals surface area contributed by atoms with Gasteiger partial charge >= 0.3 is 0 Å². The molecular formula is C21H18N2O3S. The second kappa shape index (κ2) is 5.63. The Kier molecular flexibility index (Phi) is 3.43. The van der Waals surface area contributed by atoms with Crippen molar-refractivity contribution in [3.05, 3.63) is 57.8 Å². The van der Waals surface area contributed by atoms with Gasteiger partial charge in [0.25, 0.3) is 0 Å². The highest BCUT2D eigenvalue weighted by molar-refractivity contribution is 7.12. The lowest BCUT2D eigenvalue weighted by Crippen LogP contribution is -2.48. The van der Waals surface area contributed by atoms with Crippen LogP contribution in [0.3, 0.4) is 0 Å². The molecule has 2 saturated heterocycles. The summed E-state index contributed by atoms with van der Waals surface area (Å²) in [5.74, 6) is -1.90. The Morgan fingerprint density at radius 3 is 2.63 bits per heavy atom. The molecule has 0 unspecified atom stereocenters. The molecule has 3 aliphatic heterocycles. The van der Waals surface area contributed by atoms with Crippen LogP contribution >= 0.6 is 11.3 Å². The summed E-state index contributed by atoms with van der Waals surface area (Å²) in [6, 6.07) is 8.77. The SMILES string of the molecule is CC1=C[C@@H]2[C@@H]3C(=O)NC(=O)[C@H]3[C@@H](C(=O)c3cccs3)N2c2ccc(C)cc21. The van der Waals surface area contributed by atoms with E-state index in [2.05, 4.69) is 11.4 Å². The topological polar surface area (TPSA) is 66.5 Å². The molecule has 2 amide bonds. The minimum Gasteiger partial charge on any atom is -0.352 e. The number of hydrogen-bond acceptors (Lipinski definition) is 5. The van der Waals surface area contributed by atoms with Crippen LogP contribution in [0.4, 0.5) is 5.69 Å². The predicted octanol–water partition coefficient (Wildman–Crippen LogP) is 2.80. The number of rotatable bonds is 2. The first kappa shape index (κ1) is 16.4. The second-order valence-electron chi connectivity index (χ2n) is 7.46. The fourth-order valence-electron chi connectivity index (χ4n) is 4.74. The van der Waals surface area contributed by atoms with Gasteiger partial charge in [0.2, 0.25) is 11.8 Å². The molecule has 0 radical (unpaired) electrons. The van der Waals surface area contributed by atoms with Gasteiger partial charge in [-0.2, -0.15) is 0 Å². The molecule has 27 heavy (non-hydrogen) atoms. The van der Waals surface area contributed by atoms with Crippen LogP contribution < -0.4 is 10.2 Å². The highest BCUT2D eigenvalue weighted by atomic mass is 32.1. The Morgan fingerprint density at radius 1 is 1.11 bits per heavy atom. The zero-order chi connectivity index (χ0) is 18.9. The van der Waals surface area contributed by atoms with E-state index >= 15 is 0 Å². The molecule has 4 atom stereocenters. The number of thiophene rings is 1. The van der Waals surface area contributed by atoms with Crippen LogP contribution in [-0.2, 0) is 9.59 Å². The normalized spacial score (nSPS) is 28.4. The van der Waals surface area contributed by atoms with E-state index < -0.39 is 17.9 Å². The first-order valence-corrected chi connectivity index (χ1v) is 9.85. The number of aryl methyl sites for hydroxylation is 1. The van der Waals surface area contributed by atoms with Gasteiger partial charge in [-0.05, 0) is 43.0 Å². The van der Waals surface area contributed by atoms with E-state index in [1.54, 1.807) is 6.07 Å². The van der Waals surface area contributed by atoms with Gasteiger partial charge < -0.3 is 4.90 Å². The molecule has 6 heteroatoms. The molecule has 0 bridgehead atoms. The smallest absolute Gasteiger partial charge is 0.233 e. The van der Waals surface area contributed by atoms with Gasteiger partial charge in [0.1, 0.15) is 6.04 Å². The Labute approximate surface area is 160 Å². The van der Waals surface area contributed by atoms with Crippen LogP contribution in [0.1, 0.15) is 27.7 Å². The molecule has 1 N–H and O–H groups in total. The Hall–Kier alpha value is -2.73. The third kappa shape index (κ3) is 2.19. The summed E-state index contributed by atoms with van der Waals surface area (Å²) in [5, 5.41) is 4.30. The number of carbonyl (C=O) groups excluding carboxylic acids is 3. The van der Waals surface area contributed by atoms with Gasteiger partial charge in [0.15, 0.2) is 5.78 Å². The monoisotopic (exact) mass is 378 g/mol. The summed E-state index contributed by atoms with van der Waals surface area (Å²) < 4.78 is 0. The van der Waals surface area contributed by atoms with Crippen molar-refractivity contribution < 1.29 is 14.4 Å². The maximum Gasteiger partial charge on any atom is 0.233 e. The molecule has 136 valence electrons. The third-order valence-electron chi connectivity index (χ3n) is 5.88. The lowest BCUT2D eigenvalue weighted by molar-refractivity contribution is -0.126. The first-order chi connectivity index (χ1) is 13.0. The van der Waals surface area contributed by atoms with Gasteiger partial charge in [0, 0.05) is 11.3 Å². The third-order valence-corrected chi connectivity index (χ3v) is 6.76. The zero-order valence-corrected chi connectivity index (χ0v) is 15.7. The largest absolute Gasteiger partial charge is 0.352 e. The highest BCUT2D eigenvalue weighted by Crippen LogP contribution is 2.49. The molecule has 3 aliphatic rings. The van der Waals surface area contributed by atoms with Crippen LogP contribution in [0.2, 0.25) is 0 Å². The van der Waals surface area contributed by atoms with Gasteiger partial charge in [-0.15, -0.1) is 11.3 Å². The first-order valence-electron chi connectivity index (χ1n) is 8.97. The maximum absolute atomic E-state index is 13.4. The standard InChI is InChI=1S/C21H18N2O3S/c1-10-5-6-13-12(8-10)11(2)9-14-16-17(21(26)22-20(16)25)18(23(13)14)19(24)15-4-3-7-27-15/h3-9,14,16-18H,1-2H3,(H,22,25,26)/t14-,16+,17-,18+/m1/s1. The lowest BCUT2D eigenvalue weighted by atomic mass is 9.86. The summed E-state index contributed by atoms with van der Waals surface area (Å²) in [4.78, 5) is 41.2. The summed E-state index contributed by atoms with van der Waals surface area (Å²) >= 11 is 1.37. The minimum atomic E-state index is -0.670. The molecule has 4 heterocycles. The molecule has 5 rings (SSSR count). The molecule has 5 nitrogen and oxygen atoms in total.